The van der Waals surface area contributed by atoms with Crippen molar-refractivity contribution in [3.8, 4) is 0 Å². The van der Waals surface area contributed by atoms with Crippen LogP contribution >= 0.6 is 0 Å². The summed E-state index contributed by atoms with van der Waals surface area (Å²) in [6.07, 6.45) is 4.98. The molecular weight excluding hydrogens is 256 g/mol. The summed E-state index contributed by atoms with van der Waals surface area (Å²) in [6.45, 7) is 5.41. The average Bonchev–Trinajstić information content (AvgIpc) is 2.98. The molecule has 1 N–H and O–H groups in total. The summed E-state index contributed by atoms with van der Waals surface area (Å²) in [7, 11) is 0. The summed E-state index contributed by atoms with van der Waals surface area (Å²) < 4.78 is 10.5. The first-order valence-electron chi connectivity index (χ1n) is 6.18. The van der Waals surface area contributed by atoms with Gasteiger partial charge in [0.1, 0.15) is 17.3 Å². The molecule has 0 aliphatic heterocycles. The Labute approximate surface area is 117 Å². The Hall–Kier alpha value is -2.56. The second-order valence-electron chi connectivity index (χ2n) is 4.43. The Balaban J connectivity index is 1.96. The van der Waals surface area contributed by atoms with Gasteiger partial charge in [-0.3, -0.25) is 4.79 Å². The highest BCUT2D eigenvalue weighted by Gasteiger charge is 2.12. The summed E-state index contributed by atoms with van der Waals surface area (Å²) >= 11 is 0. The molecule has 0 unspecified atom stereocenters. The molecule has 0 aromatic carbocycles. The molecule has 104 valence electrons. The lowest BCUT2D eigenvalue weighted by molar-refractivity contribution is 0.0953. The number of rotatable bonds is 4. The second kappa shape index (κ2) is 6.06. The molecule has 20 heavy (non-hydrogen) atoms. The molecule has 0 saturated carbocycles. The third-order valence-electron chi connectivity index (χ3n) is 2.63. The van der Waals surface area contributed by atoms with Gasteiger partial charge in [0.15, 0.2) is 0 Å². The maximum atomic E-state index is 11.9. The minimum Gasteiger partial charge on any atom is -0.466 e. The van der Waals surface area contributed by atoms with Crippen molar-refractivity contribution in [1.29, 1.82) is 0 Å². The van der Waals surface area contributed by atoms with E-state index < -0.39 is 0 Å². The van der Waals surface area contributed by atoms with E-state index in [9.17, 15) is 4.79 Å². The van der Waals surface area contributed by atoms with Crippen LogP contribution in [0.4, 0.5) is 0 Å². The number of nitrogens with one attached hydrogen (secondary N) is 1. The Bertz CT molecular complexity index is 649. The van der Waals surface area contributed by atoms with E-state index in [2.05, 4.69) is 10.5 Å². The number of aryl methyl sites for hydroxylation is 2. The van der Waals surface area contributed by atoms with Gasteiger partial charge in [0, 0.05) is 0 Å². The first-order chi connectivity index (χ1) is 9.56. The topological polar surface area (TPSA) is 67.7 Å². The number of hydrazone groups is 1. The molecule has 0 aliphatic carbocycles. The monoisotopic (exact) mass is 272 g/mol. The first-order valence-corrected chi connectivity index (χ1v) is 6.18. The summed E-state index contributed by atoms with van der Waals surface area (Å²) in [5, 5.41) is 3.90. The summed E-state index contributed by atoms with van der Waals surface area (Å²) in [5.41, 5.74) is 3.82. The quantitative estimate of drug-likeness (QED) is 0.685. The molecule has 2 aromatic heterocycles. The summed E-state index contributed by atoms with van der Waals surface area (Å²) in [6, 6.07) is 5.33. The molecule has 0 bridgehead atoms. The molecule has 5 nitrogen and oxygen atoms in total. The molecule has 0 saturated heterocycles. The average molecular weight is 272 g/mol. The lowest BCUT2D eigenvalue weighted by atomic mass is 10.2. The molecule has 0 fully saturated rings. The first kappa shape index (κ1) is 13.9. The number of hydrogen-bond donors (Lipinski definition) is 1. The standard InChI is InChI=1S/C15H16N2O3/c1-10(7-13-5-4-6-19-13)9-16-17-15(18)14-8-11(2)20-12(14)3/h4-9H,1-3H3,(H,17,18). The Morgan fingerprint density at radius 3 is 2.80 bits per heavy atom. The van der Waals surface area contributed by atoms with Gasteiger partial charge in [-0.1, -0.05) is 0 Å². The molecule has 0 spiro atoms. The fraction of sp³-hybridized carbons (Fsp3) is 0.200. The zero-order valence-electron chi connectivity index (χ0n) is 11.6. The normalized spacial score (nSPS) is 12.1. The van der Waals surface area contributed by atoms with E-state index in [1.165, 1.54) is 0 Å². The molecule has 1 amide bonds. The number of amides is 1. The summed E-state index contributed by atoms with van der Waals surface area (Å²) in [4.78, 5) is 11.9. The van der Waals surface area contributed by atoms with E-state index in [0.29, 0.717) is 17.1 Å². The molecule has 0 radical (unpaired) electrons. The van der Waals surface area contributed by atoms with Gasteiger partial charge >= 0.3 is 0 Å². The van der Waals surface area contributed by atoms with Crippen LogP contribution in [0.25, 0.3) is 6.08 Å². The Morgan fingerprint density at radius 2 is 2.20 bits per heavy atom. The molecule has 5 heteroatoms. The largest absolute Gasteiger partial charge is 0.466 e. The maximum Gasteiger partial charge on any atom is 0.274 e. The number of hydrogen-bond acceptors (Lipinski definition) is 4. The third kappa shape index (κ3) is 3.47. The van der Waals surface area contributed by atoms with Gasteiger partial charge in [0.25, 0.3) is 5.91 Å². The molecule has 2 rings (SSSR count). The predicted molar refractivity (Wildman–Crippen MR) is 76.5 cm³/mol. The SMILES string of the molecule is CC(C=NNC(=O)c1cc(C)oc1C)=Cc1ccco1. The van der Waals surface area contributed by atoms with Gasteiger partial charge in [-0.2, -0.15) is 5.10 Å². The maximum absolute atomic E-state index is 11.9. The van der Waals surface area contributed by atoms with Crippen LogP contribution in [0.3, 0.4) is 0 Å². The van der Waals surface area contributed by atoms with Crippen LogP contribution in [0.5, 0.6) is 0 Å². The van der Waals surface area contributed by atoms with E-state index >= 15 is 0 Å². The van der Waals surface area contributed by atoms with Crippen LogP contribution in [-0.4, -0.2) is 12.1 Å². The Kier molecular flexibility index (Phi) is 4.20. The van der Waals surface area contributed by atoms with Gasteiger partial charge in [-0.25, -0.2) is 5.43 Å². The highest BCUT2D eigenvalue weighted by Crippen LogP contribution is 2.13. The van der Waals surface area contributed by atoms with Crippen LogP contribution < -0.4 is 5.43 Å². The fourth-order valence-electron chi connectivity index (χ4n) is 1.74. The van der Waals surface area contributed by atoms with Crippen molar-refractivity contribution in [2.45, 2.75) is 20.8 Å². The van der Waals surface area contributed by atoms with Crippen molar-refractivity contribution >= 4 is 18.2 Å². The van der Waals surface area contributed by atoms with Crippen molar-refractivity contribution < 1.29 is 13.6 Å². The molecular formula is C15H16N2O3. The predicted octanol–water partition coefficient (Wildman–Crippen LogP) is 3.31. The number of carbonyl (C=O) groups excluding carboxylic acids is 1. The highest BCUT2D eigenvalue weighted by atomic mass is 16.3. The molecule has 2 heterocycles. The van der Waals surface area contributed by atoms with Gasteiger partial charge in [-0.15, -0.1) is 0 Å². The van der Waals surface area contributed by atoms with Crippen LogP contribution in [0.15, 0.2) is 44.0 Å². The third-order valence-corrected chi connectivity index (χ3v) is 2.63. The van der Waals surface area contributed by atoms with Gasteiger partial charge in [0.2, 0.25) is 0 Å². The smallest absolute Gasteiger partial charge is 0.274 e. The van der Waals surface area contributed by atoms with Crippen molar-refractivity contribution in [2.24, 2.45) is 5.10 Å². The zero-order chi connectivity index (χ0) is 14.5. The molecule has 0 atom stereocenters. The van der Waals surface area contributed by atoms with E-state index in [1.54, 1.807) is 32.4 Å². The van der Waals surface area contributed by atoms with Crippen molar-refractivity contribution in [2.75, 3.05) is 0 Å². The van der Waals surface area contributed by atoms with Crippen LogP contribution in [0, 0.1) is 13.8 Å². The van der Waals surface area contributed by atoms with Crippen molar-refractivity contribution in [3.05, 3.63) is 52.9 Å². The van der Waals surface area contributed by atoms with Crippen LogP contribution in [0.2, 0.25) is 0 Å². The lowest BCUT2D eigenvalue weighted by Gasteiger charge is -1.97. The minimum absolute atomic E-state index is 0.290. The van der Waals surface area contributed by atoms with E-state index in [0.717, 1.165) is 11.3 Å². The Morgan fingerprint density at radius 1 is 1.40 bits per heavy atom. The lowest BCUT2D eigenvalue weighted by Crippen LogP contribution is -2.17. The fourth-order valence-corrected chi connectivity index (χ4v) is 1.74. The van der Waals surface area contributed by atoms with E-state index in [4.69, 9.17) is 8.83 Å². The number of carbonyl (C=O) groups is 1. The van der Waals surface area contributed by atoms with Crippen LogP contribution in [0.1, 0.15) is 34.6 Å². The molecule has 0 aliphatic rings. The van der Waals surface area contributed by atoms with Crippen molar-refractivity contribution in [3.63, 3.8) is 0 Å². The second-order valence-corrected chi connectivity index (χ2v) is 4.43. The van der Waals surface area contributed by atoms with Crippen molar-refractivity contribution in [1.82, 2.24) is 5.43 Å². The number of allylic oxidation sites excluding steroid dienone is 1. The van der Waals surface area contributed by atoms with Gasteiger partial charge < -0.3 is 8.83 Å². The molecule has 2 aromatic rings. The summed E-state index contributed by atoms with van der Waals surface area (Å²) in [5.74, 6) is 1.73. The number of furan rings is 2. The van der Waals surface area contributed by atoms with Crippen LogP contribution in [-0.2, 0) is 0 Å². The zero-order valence-corrected chi connectivity index (χ0v) is 11.6. The minimum atomic E-state index is -0.290. The van der Waals surface area contributed by atoms with E-state index in [1.807, 2.05) is 25.1 Å². The highest BCUT2D eigenvalue weighted by molar-refractivity contribution is 5.96. The van der Waals surface area contributed by atoms with E-state index in [-0.39, 0.29) is 5.91 Å². The van der Waals surface area contributed by atoms with Gasteiger partial charge in [-0.05, 0) is 50.6 Å². The van der Waals surface area contributed by atoms with Gasteiger partial charge in [0.05, 0.1) is 18.0 Å². The number of nitrogens with zero attached hydrogens (tertiary/aromatic N) is 1.